The third kappa shape index (κ3) is 3.05. The zero-order chi connectivity index (χ0) is 10.5. The fourth-order valence-corrected chi connectivity index (χ4v) is 2.71. The molecule has 1 unspecified atom stereocenters. The molecular weight excluding hydrogens is 178 g/mol. The van der Waals surface area contributed by atoms with Gasteiger partial charge in [-0.3, -0.25) is 15.1 Å². The Morgan fingerprint density at radius 3 is 1.85 bits per heavy atom. The van der Waals surface area contributed by atoms with Gasteiger partial charge in [0.15, 0.2) is 0 Å². The second-order valence-electron chi connectivity index (χ2n) is 3.62. The zero-order valence-corrected chi connectivity index (χ0v) is 12.0. The average Bonchev–Trinajstić information content (AvgIpc) is 2.06. The van der Waals surface area contributed by atoms with Crippen LogP contribution in [0, 0.1) is 0 Å². The van der Waals surface area contributed by atoms with Crippen LogP contribution in [0.1, 0.15) is 20.8 Å². The summed E-state index contributed by atoms with van der Waals surface area (Å²) >= 11 is 0. The van der Waals surface area contributed by atoms with Crippen LogP contribution < -0.4 is 5.32 Å². The molecule has 0 saturated heterocycles. The van der Waals surface area contributed by atoms with Crippen molar-refractivity contribution in [3.63, 3.8) is 0 Å². The molecule has 0 saturated carbocycles. The average molecular weight is 203 g/mol. The summed E-state index contributed by atoms with van der Waals surface area (Å²) in [5.41, 5.74) is 0.123. The quantitative estimate of drug-likeness (QED) is 0.463. The van der Waals surface area contributed by atoms with Crippen molar-refractivity contribution in [1.29, 1.82) is 0 Å². The Balaban J connectivity index is 4.53. The molecule has 0 rings (SSSR count). The molecule has 0 aliphatic heterocycles. The largest absolute Gasteiger partial charge is 0.291 e. The molecule has 0 spiro atoms. The normalized spacial score (nSPS) is 16.8. The highest BCUT2D eigenvalue weighted by atomic mass is 28.1. The van der Waals surface area contributed by atoms with Gasteiger partial charge in [0.25, 0.3) is 0 Å². The molecule has 13 heavy (non-hydrogen) atoms. The number of nitrogens with one attached hydrogen (secondary N) is 1. The minimum atomic E-state index is 0.123. The van der Waals surface area contributed by atoms with Crippen LogP contribution in [0.3, 0.4) is 0 Å². The molecule has 0 heterocycles. The molecule has 3 nitrogen and oxygen atoms in total. The van der Waals surface area contributed by atoms with Crippen molar-refractivity contribution in [3.8, 4) is 0 Å². The van der Waals surface area contributed by atoms with E-state index in [9.17, 15) is 0 Å². The van der Waals surface area contributed by atoms with Gasteiger partial charge in [-0.05, 0) is 33.7 Å². The lowest BCUT2D eigenvalue weighted by Gasteiger charge is -2.46. The summed E-state index contributed by atoms with van der Waals surface area (Å²) in [7, 11) is 5.40. The lowest BCUT2D eigenvalue weighted by molar-refractivity contribution is 0.0203. The maximum atomic E-state index is 3.57. The van der Waals surface area contributed by atoms with E-state index < -0.39 is 0 Å². The first kappa shape index (κ1) is 13.1. The van der Waals surface area contributed by atoms with Gasteiger partial charge >= 0.3 is 0 Å². The topological polar surface area (TPSA) is 18.5 Å². The molecule has 0 amide bonds. The Hall–Kier alpha value is 0.0969. The third-order valence-electron chi connectivity index (χ3n) is 2.76. The molecule has 0 aromatic heterocycles. The molecule has 0 radical (unpaired) electrons. The minimum absolute atomic E-state index is 0.123. The highest BCUT2D eigenvalue weighted by Gasteiger charge is 2.30. The standard InChI is InChI=1S/C9H25N3Si/c1-6-10-9(13,11(4)5)12(7-2)8-3/h10H,6-8H2,1-5,13H3. The fraction of sp³-hybridized carbons (Fsp3) is 1.00. The number of hydrogen-bond donors (Lipinski definition) is 1. The predicted molar refractivity (Wildman–Crippen MR) is 63.0 cm³/mol. The monoisotopic (exact) mass is 203 g/mol. The molecule has 1 N–H and O–H groups in total. The summed E-state index contributed by atoms with van der Waals surface area (Å²) in [6.07, 6.45) is 0. The fourth-order valence-electron chi connectivity index (χ4n) is 1.73. The summed E-state index contributed by atoms with van der Waals surface area (Å²) < 4.78 is 0. The first-order chi connectivity index (χ1) is 6.02. The Bertz CT molecular complexity index is 137. The summed E-state index contributed by atoms with van der Waals surface area (Å²) in [5.74, 6) is 0. The van der Waals surface area contributed by atoms with Crippen molar-refractivity contribution < 1.29 is 0 Å². The van der Waals surface area contributed by atoms with E-state index in [-0.39, 0.29) is 5.41 Å². The molecule has 0 aromatic rings. The van der Waals surface area contributed by atoms with E-state index in [1.165, 1.54) is 0 Å². The van der Waals surface area contributed by atoms with Crippen molar-refractivity contribution in [1.82, 2.24) is 15.1 Å². The van der Waals surface area contributed by atoms with E-state index in [4.69, 9.17) is 0 Å². The van der Waals surface area contributed by atoms with Gasteiger partial charge in [0.1, 0.15) is 5.41 Å². The molecule has 1 atom stereocenters. The van der Waals surface area contributed by atoms with Crippen LogP contribution in [-0.4, -0.2) is 59.2 Å². The first-order valence-corrected chi connectivity index (χ1v) is 6.20. The van der Waals surface area contributed by atoms with Crippen LogP contribution in [0.2, 0.25) is 0 Å². The van der Waals surface area contributed by atoms with E-state index in [0.717, 1.165) is 29.9 Å². The molecule has 4 heteroatoms. The Morgan fingerprint density at radius 1 is 1.15 bits per heavy atom. The molecule has 0 bridgehead atoms. The third-order valence-corrected chi connectivity index (χ3v) is 4.64. The maximum Gasteiger partial charge on any atom is 0.102 e. The second kappa shape index (κ2) is 5.75. The molecule has 0 fully saturated rings. The SMILES string of the molecule is CCNC([SiH3])(N(C)C)N(CC)CC. The molecule has 0 aliphatic carbocycles. The zero-order valence-electron chi connectivity index (χ0n) is 10.0. The smallest absolute Gasteiger partial charge is 0.102 e. The number of hydrogen-bond acceptors (Lipinski definition) is 3. The van der Waals surface area contributed by atoms with Crippen molar-refractivity contribution in [2.75, 3.05) is 33.7 Å². The van der Waals surface area contributed by atoms with Crippen LogP contribution >= 0.6 is 0 Å². The van der Waals surface area contributed by atoms with Gasteiger partial charge in [-0.2, -0.15) is 0 Å². The molecule has 0 aromatic carbocycles. The van der Waals surface area contributed by atoms with Crippen LogP contribution in [0.25, 0.3) is 0 Å². The lowest BCUT2D eigenvalue weighted by Crippen LogP contribution is -2.67. The van der Waals surface area contributed by atoms with Crippen molar-refractivity contribution in [2.24, 2.45) is 0 Å². The van der Waals surface area contributed by atoms with E-state index in [1.54, 1.807) is 0 Å². The summed E-state index contributed by atoms with van der Waals surface area (Å²) in [5, 5.41) is 3.57. The van der Waals surface area contributed by atoms with Crippen LogP contribution in [-0.2, 0) is 0 Å². The predicted octanol–water partition coefficient (Wildman–Crippen LogP) is -0.524. The van der Waals surface area contributed by atoms with Gasteiger partial charge in [-0.15, -0.1) is 0 Å². The number of nitrogens with zero attached hydrogens (tertiary/aromatic N) is 2. The van der Waals surface area contributed by atoms with Gasteiger partial charge in [0.05, 0.1) is 10.2 Å². The van der Waals surface area contributed by atoms with Crippen LogP contribution in [0.4, 0.5) is 0 Å². The van der Waals surface area contributed by atoms with Crippen molar-refractivity contribution >= 4 is 10.2 Å². The van der Waals surface area contributed by atoms with Gasteiger partial charge < -0.3 is 0 Å². The highest BCUT2D eigenvalue weighted by Crippen LogP contribution is 2.09. The minimum Gasteiger partial charge on any atom is -0.291 e. The Kier molecular flexibility index (Phi) is 5.79. The number of rotatable bonds is 6. The van der Waals surface area contributed by atoms with Crippen molar-refractivity contribution in [2.45, 2.75) is 26.2 Å². The van der Waals surface area contributed by atoms with Crippen molar-refractivity contribution in [3.05, 3.63) is 0 Å². The van der Waals surface area contributed by atoms with Crippen LogP contribution in [0.5, 0.6) is 0 Å². The van der Waals surface area contributed by atoms with E-state index in [1.807, 2.05) is 0 Å². The highest BCUT2D eigenvalue weighted by molar-refractivity contribution is 6.14. The molecule has 80 valence electrons. The molecular formula is C9H25N3Si. The molecule has 0 aliphatic rings. The Morgan fingerprint density at radius 2 is 1.62 bits per heavy atom. The van der Waals surface area contributed by atoms with Gasteiger partial charge in [0.2, 0.25) is 0 Å². The van der Waals surface area contributed by atoms with Gasteiger partial charge in [-0.1, -0.05) is 20.8 Å². The Labute approximate surface area is 85.9 Å². The maximum absolute atomic E-state index is 3.57. The summed E-state index contributed by atoms with van der Waals surface area (Å²) in [6.45, 7) is 9.84. The van der Waals surface area contributed by atoms with E-state index in [2.05, 4.69) is 50.0 Å². The summed E-state index contributed by atoms with van der Waals surface area (Å²) in [6, 6.07) is 0. The van der Waals surface area contributed by atoms with Gasteiger partial charge in [-0.25, -0.2) is 0 Å². The summed E-state index contributed by atoms with van der Waals surface area (Å²) in [4.78, 5) is 4.76. The van der Waals surface area contributed by atoms with E-state index >= 15 is 0 Å². The first-order valence-electron chi connectivity index (χ1n) is 5.20. The van der Waals surface area contributed by atoms with Gasteiger partial charge in [0, 0.05) is 0 Å². The van der Waals surface area contributed by atoms with Crippen LogP contribution in [0.15, 0.2) is 0 Å². The lowest BCUT2D eigenvalue weighted by atomic mass is 10.4. The second-order valence-corrected chi connectivity index (χ2v) is 5.01. The van der Waals surface area contributed by atoms with E-state index in [0.29, 0.717) is 0 Å².